The van der Waals surface area contributed by atoms with Crippen molar-refractivity contribution >= 4 is 70.2 Å². The molecule has 0 saturated heterocycles. The number of hydrogen-bond donors (Lipinski definition) is 0. The van der Waals surface area contributed by atoms with Gasteiger partial charge in [0, 0.05) is 0 Å². The summed E-state index contributed by atoms with van der Waals surface area (Å²) in [4.78, 5) is 0. The standard InChI is InChI=1S/3GeHO2.Mg.Na/c3*2-1-3;;/h3*1H;;/q3*-1;+2;+1. The van der Waals surface area contributed by atoms with Gasteiger partial charge in [-0.3, -0.25) is 0 Å². The molecule has 0 aromatic rings. The van der Waals surface area contributed by atoms with E-state index >= 15 is 0 Å². The third-order valence-corrected chi connectivity index (χ3v) is 0. The molecule has 0 fully saturated rings. The van der Waals surface area contributed by atoms with Crippen LogP contribution in [0, 0.1) is 0 Å². The first-order valence-corrected chi connectivity index (χ1v) is 7.35. The van der Waals surface area contributed by atoms with Crippen molar-refractivity contribution in [3.63, 3.8) is 0 Å². The third kappa shape index (κ3) is 263. The Hall–Kier alpha value is 2.19. The SMILES string of the molecule is [Mg+2].[Na+].[O]=[GeH][O-].[O]=[GeH][O-].[O]=[GeH][O-]. The van der Waals surface area contributed by atoms with Crippen LogP contribution in [0.4, 0.5) is 0 Å². The van der Waals surface area contributed by atoms with Crippen molar-refractivity contribution < 1.29 is 53.3 Å². The van der Waals surface area contributed by atoms with Crippen molar-refractivity contribution in [2.45, 2.75) is 0 Å². The van der Waals surface area contributed by atoms with Gasteiger partial charge < -0.3 is 0 Å². The Bertz CT molecular complexity index is 54.6. The average Bonchev–Trinajstić information content (AvgIpc) is 1.70. The van der Waals surface area contributed by atoms with E-state index in [2.05, 4.69) is 0 Å². The fraction of sp³-hybridized carbons (Fsp3) is 0. The van der Waals surface area contributed by atoms with Crippen LogP contribution < -0.4 is 42.0 Å². The maximum atomic E-state index is 8.53. The molecular formula is H3Ge3MgNaO6. The summed E-state index contributed by atoms with van der Waals surface area (Å²) in [6.07, 6.45) is 0. The van der Waals surface area contributed by atoms with Gasteiger partial charge in [-0.25, -0.2) is 0 Å². The summed E-state index contributed by atoms with van der Waals surface area (Å²) in [5.74, 6) is 0. The van der Waals surface area contributed by atoms with E-state index in [-0.39, 0.29) is 52.6 Å². The van der Waals surface area contributed by atoms with Gasteiger partial charge in [0.05, 0.1) is 0 Å². The van der Waals surface area contributed by atoms with E-state index in [0.717, 1.165) is 0 Å². The van der Waals surface area contributed by atoms with E-state index in [1.165, 1.54) is 0 Å². The van der Waals surface area contributed by atoms with E-state index in [4.69, 9.17) is 23.7 Å². The minimum atomic E-state index is -2.19. The van der Waals surface area contributed by atoms with Gasteiger partial charge in [0.15, 0.2) is 0 Å². The van der Waals surface area contributed by atoms with Gasteiger partial charge in [0.1, 0.15) is 0 Å². The third-order valence-electron chi connectivity index (χ3n) is 0. The van der Waals surface area contributed by atoms with Crippen molar-refractivity contribution in [2.24, 2.45) is 0 Å². The predicted octanol–water partition coefficient (Wildman–Crippen LogP) is -9.25. The van der Waals surface area contributed by atoms with Gasteiger partial charge in [-0.1, -0.05) is 0 Å². The van der Waals surface area contributed by atoms with Gasteiger partial charge >= 0.3 is 123 Å². The van der Waals surface area contributed by atoms with Crippen LogP contribution in [0.25, 0.3) is 0 Å². The molecule has 0 aliphatic rings. The molecule has 0 spiro atoms. The Morgan fingerprint density at radius 1 is 0.727 bits per heavy atom. The Morgan fingerprint density at radius 2 is 0.727 bits per heavy atom. The molecule has 0 aliphatic carbocycles. The summed E-state index contributed by atoms with van der Waals surface area (Å²) in [6, 6.07) is 0. The summed E-state index contributed by atoms with van der Waals surface area (Å²) < 4.78 is 51.2. The van der Waals surface area contributed by atoms with Crippen LogP contribution in [0.15, 0.2) is 0 Å². The molecule has 0 saturated carbocycles. The second-order valence-electron chi connectivity index (χ2n) is 0.289. The van der Waals surface area contributed by atoms with Gasteiger partial charge in [-0.05, 0) is 0 Å². The maximum absolute atomic E-state index is 8.53. The second kappa shape index (κ2) is 56.6. The Morgan fingerprint density at radius 3 is 0.727 bits per heavy atom. The minimum absolute atomic E-state index is 0. The molecule has 11 heavy (non-hydrogen) atoms. The summed E-state index contributed by atoms with van der Waals surface area (Å²) in [6.45, 7) is 0. The molecule has 0 radical (unpaired) electrons. The molecule has 0 atom stereocenters. The van der Waals surface area contributed by atoms with E-state index < -0.39 is 47.1 Å². The van der Waals surface area contributed by atoms with Crippen molar-refractivity contribution in [2.75, 3.05) is 0 Å². The van der Waals surface area contributed by atoms with Crippen LogP contribution in [0.5, 0.6) is 0 Å². The number of rotatable bonds is 0. The molecule has 0 heterocycles. The predicted molar refractivity (Wildman–Crippen MR) is 29.3 cm³/mol. The molecule has 0 aromatic carbocycles. The van der Waals surface area contributed by atoms with E-state index in [0.29, 0.717) is 0 Å². The summed E-state index contributed by atoms with van der Waals surface area (Å²) in [5, 5.41) is 0. The molecule has 0 N–H and O–H groups in total. The van der Waals surface area contributed by atoms with Gasteiger partial charge in [0.2, 0.25) is 0 Å². The van der Waals surface area contributed by atoms with Crippen LogP contribution in [-0.2, 0) is 11.3 Å². The molecule has 0 amide bonds. The topological polar surface area (TPSA) is 120 Å². The van der Waals surface area contributed by atoms with Crippen molar-refractivity contribution in [1.82, 2.24) is 0 Å². The molecular weight excluding hydrogens is 361 g/mol. The van der Waals surface area contributed by atoms with Gasteiger partial charge in [-0.2, -0.15) is 0 Å². The molecule has 0 aliphatic heterocycles. The fourth-order valence-corrected chi connectivity index (χ4v) is 0. The Labute approximate surface area is 121 Å². The fourth-order valence-electron chi connectivity index (χ4n) is 0. The van der Waals surface area contributed by atoms with Gasteiger partial charge in [-0.15, -0.1) is 0 Å². The molecule has 54 valence electrons. The van der Waals surface area contributed by atoms with Crippen LogP contribution in [0.1, 0.15) is 0 Å². The summed E-state index contributed by atoms with van der Waals surface area (Å²) >= 11 is -6.56. The van der Waals surface area contributed by atoms with Crippen LogP contribution in [0.2, 0.25) is 0 Å². The van der Waals surface area contributed by atoms with Crippen LogP contribution in [0.3, 0.4) is 0 Å². The molecule has 0 aromatic heterocycles. The summed E-state index contributed by atoms with van der Waals surface area (Å²) in [5.41, 5.74) is 0. The van der Waals surface area contributed by atoms with Crippen molar-refractivity contribution in [3.8, 4) is 0 Å². The molecule has 0 rings (SSSR count). The van der Waals surface area contributed by atoms with Crippen LogP contribution >= 0.6 is 0 Å². The number of hydrogen-bond acceptors (Lipinski definition) is 6. The summed E-state index contributed by atoms with van der Waals surface area (Å²) in [7, 11) is 0. The second-order valence-corrected chi connectivity index (χ2v) is 1.50. The van der Waals surface area contributed by atoms with E-state index in [1.807, 2.05) is 0 Å². The van der Waals surface area contributed by atoms with E-state index in [1.54, 1.807) is 0 Å². The van der Waals surface area contributed by atoms with Crippen LogP contribution in [-0.4, -0.2) is 70.2 Å². The average molecular weight is 364 g/mol. The first kappa shape index (κ1) is 29.2. The normalized spacial score (nSPS) is 3.27. The molecule has 6 nitrogen and oxygen atoms in total. The van der Waals surface area contributed by atoms with E-state index in [9.17, 15) is 0 Å². The monoisotopic (exact) mass is 368 g/mol. The zero-order valence-electron chi connectivity index (χ0n) is 5.89. The Kier molecular flexibility index (Phi) is 150. The first-order chi connectivity index (χ1) is 4.24. The molecule has 0 bridgehead atoms. The van der Waals surface area contributed by atoms with Crippen molar-refractivity contribution in [1.29, 1.82) is 0 Å². The zero-order chi connectivity index (χ0) is 8.12. The quantitative estimate of drug-likeness (QED) is 0.394. The van der Waals surface area contributed by atoms with Gasteiger partial charge in [0.25, 0.3) is 0 Å². The van der Waals surface area contributed by atoms with Crippen molar-refractivity contribution in [3.05, 3.63) is 0 Å². The first-order valence-electron chi connectivity index (χ1n) is 1.41. The zero-order valence-corrected chi connectivity index (χ0v) is 16.6. The Balaban J connectivity index is -0.0000000150. The molecule has 0 unspecified atom stereocenters. The molecule has 11 heteroatoms.